The summed E-state index contributed by atoms with van der Waals surface area (Å²) in [6.07, 6.45) is 1.44. The molecule has 2 heterocycles. The van der Waals surface area contributed by atoms with Crippen LogP contribution in [0.25, 0.3) is 5.95 Å². The van der Waals surface area contributed by atoms with Crippen molar-refractivity contribution in [2.45, 2.75) is 20.8 Å². The maximum atomic E-state index is 12.6. The van der Waals surface area contributed by atoms with Gasteiger partial charge in [0.25, 0.3) is 17.4 Å². The number of aromatic nitrogens is 5. The number of hydrogen-bond donors (Lipinski definition) is 2. The zero-order chi connectivity index (χ0) is 21.7. The third-order valence-electron chi connectivity index (χ3n) is 4.00. The zero-order valence-corrected chi connectivity index (χ0v) is 17.0. The Morgan fingerprint density at radius 1 is 1.33 bits per heavy atom. The Morgan fingerprint density at radius 2 is 2.13 bits per heavy atom. The summed E-state index contributed by atoms with van der Waals surface area (Å²) in [5.41, 5.74) is 3.54. The number of amides is 1. The van der Waals surface area contributed by atoms with Crippen molar-refractivity contribution in [3.8, 4) is 17.4 Å². The number of para-hydroxylation sites is 1. The van der Waals surface area contributed by atoms with E-state index in [-0.39, 0.29) is 17.3 Å². The maximum Gasteiger partial charge on any atom is 0.290 e. The molecule has 0 fully saturated rings. The second-order valence-electron chi connectivity index (χ2n) is 6.16. The molecule has 0 unspecified atom stereocenters. The van der Waals surface area contributed by atoms with Gasteiger partial charge in [-0.25, -0.2) is 5.43 Å². The molecule has 0 saturated carbocycles. The Hall–Kier alpha value is -4.02. The van der Waals surface area contributed by atoms with Gasteiger partial charge in [0.15, 0.2) is 11.5 Å². The molecule has 3 rings (SSSR count). The number of H-pyrrole nitrogens is 1. The number of aryl methyl sites for hydroxylation is 2. The zero-order valence-electron chi connectivity index (χ0n) is 17.0. The Balaban J connectivity index is 1.83. The molecule has 0 saturated heterocycles. The maximum absolute atomic E-state index is 12.6. The van der Waals surface area contributed by atoms with Gasteiger partial charge in [0.05, 0.1) is 25.6 Å². The SMILES string of the molecule is CCOc1cccc(/C=N\NC(=O)c2cc(C)nn2-c2nnc(C)c(=O)[nH]2)c1OC. The average molecular weight is 411 g/mol. The first-order valence-corrected chi connectivity index (χ1v) is 9.08. The monoisotopic (exact) mass is 411 g/mol. The van der Waals surface area contributed by atoms with Crippen LogP contribution in [-0.2, 0) is 0 Å². The Kier molecular flexibility index (Phi) is 6.20. The van der Waals surface area contributed by atoms with Crippen LogP contribution in [0, 0.1) is 13.8 Å². The minimum absolute atomic E-state index is 0.0268. The first-order valence-electron chi connectivity index (χ1n) is 9.08. The van der Waals surface area contributed by atoms with E-state index >= 15 is 0 Å². The summed E-state index contributed by atoms with van der Waals surface area (Å²) in [6.45, 7) is 5.60. The summed E-state index contributed by atoms with van der Waals surface area (Å²) in [7, 11) is 1.53. The van der Waals surface area contributed by atoms with Crippen molar-refractivity contribution in [2.24, 2.45) is 5.10 Å². The summed E-state index contributed by atoms with van der Waals surface area (Å²) >= 11 is 0. The molecular formula is C19H21N7O4. The smallest absolute Gasteiger partial charge is 0.290 e. The summed E-state index contributed by atoms with van der Waals surface area (Å²) < 4.78 is 12.1. The number of carbonyl (C=O) groups excluding carboxylic acids is 1. The van der Waals surface area contributed by atoms with E-state index in [1.807, 2.05) is 6.92 Å². The van der Waals surface area contributed by atoms with Crippen LogP contribution < -0.4 is 20.5 Å². The van der Waals surface area contributed by atoms with Crippen molar-refractivity contribution in [2.75, 3.05) is 13.7 Å². The quantitative estimate of drug-likeness (QED) is 0.439. The van der Waals surface area contributed by atoms with Gasteiger partial charge >= 0.3 is 0 Å². The molecule has 0 radical (unpaired) electrons. The standard InChI is InChI=1S/C19H21N7O4/c1-5-30-15-8-6-7-13(16(15)29-4)10-20-23-18(28)14-9-11(2)25-26(14)19-21-17(27)12(3)22-24-19/h6-10H,5H2,1-4H3,(H,23,28)(H,21,24,27)/b20-10-. The summed E-state index contributed by atoms with van der Waals surface area (Å²) in [6, 6.07) is 6.89. The molecule has 0 aliphatic carbocycles. The van der Waals surface area contributed by atoms with E-state index in [1.165, 1.54) is 24.9 Å². The van der Waals surface area contributed by atoms with E-state index < -0.39 is 11.5 Å². The van der Waals surface area contributed by atoms with Crippen LogP contribution in [0.2, 0.25) is 0 Å². The van der Waals surface area contributed by atoms with Gasteiger partial charge in [0.2, 0.25) is 0 Å². The van der Waals surface area contributed by atoms with Crippen molar-refractivity contribution in [3.63, 3.8) is 0 Å². The van der Waals surface area contributed by atoms with Crippen LogP contribution >= 0.6 is 0 Å². The number of methoxy groups -OCH3 is 1. The van der Waals surface area contributed by atoms with Gasteiger partial charge in [-0.1, -0.05) is 6.07 Å². The minimum Gasteiger partial charge on any atom is -0.492 e. The van der Waals surface area contributed by atoms with E-state index in [2.05, 4.69) is 30.8 Å². The molecule has 2 N–H and O–H groups in total. The van der Waals surface area contributed by atoms with Crippen molar-refractivity contribution in [3.05, 3.63) is 57.3 Å². The van der Waals surface area contributed by atoms with Crippen LogP contribution in [0.4, 0.5) is 0 Å². The van der Waals surface area contributed by atoms with Gasteiger partial charge in [0, 0.05) is 5.56 Å². The van der Waals surface area contributed by atoms with Gasteiger partial charge in [-0.05, 0) is 39.0 Å². The number of nitrogens with zero attached hydrogens (tertiary/aromatic N) is 5. The lowest BCUT2D eigenvalue weighted by molar-refractivity contribution is 0.0947. The second kappa shape index (κ2) is 8.99. The van der Waals surface area contributed by atoms with Crippen molar-refractivity contribution in [1.82, 2.24) is 30.4 Å². The van der Waals surface area contributed by atoms with E-state index in [4.69, 9.17) is 9.47 Å². The number of ether oxygens (including phenoxy) is 2. The first kappa shape index (κ1) is 20.7. The molecule has 30 heavy (non-hydrogen) atoms. The molecule has 0 bridgehead atoms. The van der Waals surface area contributed by atoms with E-state index in [0.717, 1.165) is 0 Å². The van der Waals surface area contributed by atoms with Crippen LogP contribution in [0.3, 0.4) is 0 Å². The number of nitrogens with one attached hydrogen (secondary N) is 2. The van der Waals surface area contributed by atoms with Crippen LogP contribution in [0.5, 0.6) is 11.5 Å². The van der Waals surface area contributed by atoms with Gasteiger partial charge in [0.1, 0.15) is 11.4 Å². The molecule has 0 aliphatic rings. The fourth-order valence-electron chi connectivity index (χ4n) is 2.64. The fraction of sp³-hybridized carbons (Fsp3) is 0.263. The van der Waals surface area contributed by atoms with E-state index in [0.29, 0.717) is 29.4 Å². The molecule has 11 nitrogen and oxygen atoms in total. The summed E-state index contributed by atoms with van der Waals surface area (Å²) in [5.74, 6) is 0.561. The average Bonchev–Trinajstić information content (AvgIpc) is 3.12. The lowest BCUT2D eigenvalue weighted by Crippen LogP contribution is -2.24. The number of benzene rings is 1. The van der Waals surface area contributed by atoms with Gasteiger partial charge in [-0.2, -0.15) is 14.9 Å². The highest BCUT2D eigenvalue weighted by atomic mass is 16.5. The summed E-state index contributed by atoms with van der Waals surface area (Å²) in [4.78, 5) is 27.0. The number of hydrogen-bond acceptors (Lipinski definition) is 8. The molecule has 11 heteroatoms. The molecule has 1 aromatic carbocycles. The Labute approximate surface area is 171 Å². The lowest BCUT2D eigenvalue weighted by Gasteiger charge is -2.11. The normalized spacial score (nSPS) is 10.9. The van der Waals surface area contributed by atoms with E-state index in [9.17, 15) is 9.59 Å². The van der Waals surface area contributed by atoms with E-state index in [1.54, 1.807) is 31.2 Å². The van der Waals surface area contributed by atoms with Crippen molar-refractivity contribution < 1.29 is 14.3 Å². The molecule has 3 aromatic rings. The fourth-order valence-corrected chi connectivity index (χ4v) is 2.64. The third-order valence-corrected chi connectivity index (χ3v) is 4.00. The summed E-state index contributed by atoms with van der Waals surface area (Å²) in [5, 5.41) is 15.8. The van der Waals surface area contributed by atoms with Gasteiger partial charge in [-0.15, -0.1) is 10.2 Å². The number of carbonyl (C=O) groups is 1. The number of aromatic amines is 1. The van der Waals surface area contributed by atoms with Gasteiger partial charge in [-0.3, -0.25) is 14.6 Å². The molecule has 0 aliphatic heterocycles. The third kappa shape index (κ3) is 4.35. The van der Waals surface area contributed by atoms with Crippen molar-refractivity contribution in [1.29, 1.82) is 0 Å². The number of hydrazone groups is 1. The Bertz CT molecular complexity index is 1150. The van der Waals surface area contributed by atoms with Crippen LogP contribution in [0.15, 0.2) is 34.2 Å². The second-order valence-corrected chi connectivity index (χ2v) is 6.16. The number of rotatable bonds is 7. The highest BCUT2D eigenvalue weighted by Gasteiger charge is 2.17. The molecule has 0 atom stereocenters. The highest BCUT2D eigenvalue weighted by molar-refractivity contribution is 5.94. The molecule has 156 valence electrons. The lowest BCUT2D eigenvalue weighted by atomic mass is 10.2. The largest absolute Gasteiger partial charge is 0.492 e. The molecular weight excluding hydrogens is 390 g/mol. The minimum atomic E-state index is -0.546. The topological polar surface area (TPSA) is 136 Å². The predicted molar refractivity (Wildman–Crippen MR) is 108 cm³/mol. The van der Waals surface area contributed by atoms with Crippen LogP contribution in [0.1, 0.15) is 34.4 Å². The Morgan fingerprint density at radius 3 is 2.83 bits per heavy atom. The molecule has 2 aromatic heterocycles. The highest BCUT2D eigenvalue weighted by Crippen LogP contribution is 2.29. The van der Waals surface area contributed by atoms with Crippen molar-refractivity contribution >= 4 is 12.1 Å². The van der Waals surface area contributed by atoms with Crippen LogP contribution in [-0.4, -0.2) is 50.8 Å². The molecule has 1 amide bonds. The molecule has 0 spiro atoms. The van der Waals surface area contributed by atoms with Gasteiger partial charge < -0.3 is 9.47 Å². The first-order chi connectivity index (χ1) is 14.4. The predicted octanol–water partition coefficient (Wildman–Crippen LogP) is 1.14.